The van der Waals surface area contributed by atoms with Crippen LogP contribution in [0.1, 0.15) is 51.9 Å². The van der Waals surface area contributed by atoms with Gasteiger partial charge in [-0.1, -0.05) is 38.5 Å². The van der Waals surface area contributed by atoms with E-state index in [1.807, 2.05) is 0 Å². The molecule has 0 aromatic rings. The van der Waals surface area contributed by atoms with Crippen molar-refractivity contribution >= 4 is 12.4 Å². The van der Waals surface area contributed by atoms with E-state index in [4.69, 9.17) is 5.73 Å². The maximum atomic E-state index is 5.77. The molecule has 1 atom stereocenters. The molecule has 1 unspecified atom stereocenters. The van der Waals surface area contributed by atoms with Crippen molar-refractivity contribution in [2.24, 2.45) is 11.7 Å². The summed E-state index contributed by atoms with van der Waals surface area (Å²) in [4.78, 5) is 0. The van der Waals surface area contributed by atoms with E-state index >= 15 is 0 Å². The minimum atomic E-state index is 0. The molecule has 0 radical (unpaired) electrons. The molecule has 0 aromatic carbocycles. The van der Waals surface area contributed by atoms with Crippen molar-refractivity contribution in [1.82, 2.24) is 0 Å². The minimum absolute atomic E-state index is 0. The Hall–Kier alpha value is 0.250. The molecule has 1 aliphatic carbocycles. The molecule has 0 amide bonds. The Balaban J connectivity index is 0.00000121. The third kappa shape index (κ3) is 5.00. The van der Waals surface area contributed by atoms with Crippen LogP contribution in [0.3, 0.4) is 0 Å². The van der Waals surface area contributed by atoms with E-state index in [9.17, 15) is 0 Å². The van der Waals surface area contributed by atoms with E-state index in [1.165, 1.54) is 44.9 Å². The lowest BCUT2D eigenvalue weighted by molar-refractivity contribution is 0.399. The first-order valence-corrected chi connectivity index (χ1v) is 5.04. The average molecular weight is 192 g/mol. The van der Waals surface area contributed by atoms with Crippen LogP contribution < -0.4 is 5.73 Å². The number of nitrogens with two attached hydrogens (primary N) is 1. The van der Waals surface area contributed by atoms with Gasteiger partial charge in [0.15, 0.2) is 0 Å². The van der Waals surface area contributed by atoms with Crippen LogP contribution in [0.25, 0.3) is 0 Å². The first-order valence-electron chi connectivity index (χ1n) is 5.04. The van der Waals surface area contributed by atoms with E-state index < -0.39 is 0 Å². The Bertz CT molecular complexity index is 96.0. The molecule has 1 fully saturated rings. The summed E-state index contributed by atoms with van der Waals surface area (Å²) < 4.78 is 0. The van der Waals surface area contributed by atoms with Gasteiger partial charge >= 0.3 is 0 Å². The van der Waals surface area contributed by atoms with Gasteiger partial charge in [0, 0.05) is 6.04 Å². The minimum Gasteiger partial charge on any atom is -0.328 e. The molecule has 1 rings (SSSR count). The van der Waals surface area contributed by atoms with Gasteiger partial charge in [-0.3, -0.25) is 0 Å². The molecule has 0 spiro atoms. The van der Waals surface area contributed by atoms with Gasteiger partial charge in [-0.05, 0) is 19.3 Å². The quantitative estimate of drug-likeness (QED) is 0.667. The van der Waals surface area contributed by atoms with Gasteiger partial charge in [-0.15, -0.1) is 12.4 Å². The predicted octanol–water partition coefficient (Wildman–Crippen LogP) is 3.12. The second-order valence-electron chi connectivity index (χ2n) is 4.07. The topological polar surface area (TPSA) is 26.0 Å². The van der Waals surface area contributed by atoms with Crippen molar-refractivity contribution in [3.8, 4) is 0 Å². The molecule has 2 heteroatoms. The number of halogens is 1. The number of hydrogen-bond acceptors (Lipinski definition) is 1. The van der Waals surface area contributed by atoms with Gasteiger partial charge in [0.05, 0.1) is 0 Å². The summed E-state index contributed by atoms with van der Waals surface area (Å²) >= 11 is 0. The summed E-state index contributed by atoms with van der Waals surface area (Å²) in [6, 6.07) is 0.415. The maximum absolute atomic E-state index is 5.77. The summed E-state index contributed by atoms with van der Waals surface area (Å²) in [5.74, 6) is 0.942. The van der Waals surface area contributed by atoms with Crippen molar-refractivity contribution in [3.63, 3.8) is 0 Å². The van der Waals surface area contributed by atoms with Crippen molar-refractivity contribution < 1.29 is 0 Å². The molecule has 1 nitrogen and oxygen atoms in total. The van der Waals surface area contributed by atoms with E-state index in [0.29, 0.717) is 6.04 Å². The largest absolute Gasteiger partial charge is 0.328 e. The Morgan fingerprint density at radius 3 is 2.08 bits per heavy atom. The summed E-state index contributed by atoms with van der Waals surface area (Å²) in [6.45, 7) is 2.13. The molecule has 0 heterocycles. The maximum Gasteiger partial charge on any atom is 0.00131 e. The Morgan fingerprint density at radius 2 is 1.67 bits per heavy atom. The van der Waals surface area contributed by atoms with Crippen molar-refractivity contribution in [2.45, 2.75) is 57.9 Å². The second-order valence-corrected chi connectivity index (χ2v) is 4.07. The Morgan fingerprint density at radius 1 is 1.17 bits per heavy atom. The molecule has 12 heavy (non-hydrogen) atoms. The van der Waals surface area contributed by atoms with Gasteiger partial charge in [0.25, 0.3) is 0 Å². The summed E-state index contributed by atoms with van der Waals surface area (Å²) in [6.07, 6.45) is 9.91. The molecular weight excluding hydrogens is 170 g/mol. The average Bonchev–Trinajstić information content (AvgIpc) is 2.14. The summed E-state index contributed by atoms with van der Waals surface area (Å²) in [5.41, 5.74) is 5.77. The van der Waals surface area contributed by atoms with Crippen LogP contribution in [0, 0.1) is 5.92 Å². The SMILES string of the molecule is CC(N)CC1CCCCCC1.Cl. The molecule has 0 saturated heterocycles. The van der Waals surface area contributed by atoms with Gasteiger partial charge in [-0.2, -0.15) is 0 Å². The number of rotatable bonds is 2. The zero-order chi connectivity index (χ0) is 8.10. The lowest BCUT2D eigenvalue weighted by Gasteiger charge is -2.15. The van der Waals surface area contributed by atoms with Gasteiger partial charge in [-0.25, -0.2) is 0 Å². The van der Waals surface area contributed by atoms with Crippen LogP contribution in [0.2, 0.25) is 0 Å². The molecular formula is C10H22ClN. The van der Waals surface area contributed by atoms with Crippen LogP contribution in [-0.4, -0.2) is 6.04 Å². The number of hydrogen-bond donors (Lipinski definition) is 1. The normalized spacial score (nSPS) is 22.5. The molecule has 2 N–H and O–H groups in total. The van der Waals surface area contributed by atoms with E-state index in [2.05, 4.69) is 6.92 Å². The molecule has 0 aliphatic heterocycles. The monoisotopic (exact) mass is 191 g/mol. The van der Waals surface area contributed by atoms with Crippen molar-refractivity contribution in [3.05, 3.63) is 0 Å². The van der Waals surface area contributed by atoms with Crippen LogP contribution in [0.15, 0.2) is 0 Å². The summed E-state index contributed by atoms with van der Waals surface area (Å²) in [7, 11) is 0. The highest BCUT2D eigenvalue weighted by Gasteiger charge is 2.12. The predicted molar refractivity (Wildman–Crippen MR) is 56.7 cm³/mol. The van der Waals surface area contributed by atoms with Crippen LogP contribution >= 0.6 is 12.4 Å². The molecule has 0 bridgehead atoms. The Labute approximate surface area is 82.5 Å². The highest BCUT2D eigenvalue weighted by Crippen LogP contribution is 2.25. The van der Waals surface area contributed by atoms with Crippen LogP contribution in [0.5, 0.6) is 0 Å². The highest BCUT2D eigenvalue weighted by molar-refractivity contribution is 5.85. The first-order chi connectivity index (χ1) is 5.29. The summed E-state index contributed by atoms with van der Waals surface area (Å²) in [5, 5.41) is 0. The van der Waals surface area contributed by atoms with Gasteiger partial charge < -0.3 is 5.73 Å². The lowest BCUT2D eigenvalue weighted by atomic mass is 9.94. The van der Waals surface area contributed by atoms with E-state index in [0.717, 1.165) is 5.92 Å². The van der Waals surface area contributed by atoms with Gasteiger partial charge in [0.2, 0.25) is 0 Å². The van der Waals surface area contributed by atoms with Gasteiger partial charge in [0.1, 0.15) is 0 Å². The van der Waals surface area contributed by atoms with Crippen molar-refractivity contribution in [1.29, 1.82) is 0 Å². The zero-order valence-electron chi connectivity index (χ0n) is 8.09. The molecule has 74 valence electrons. The van der Waals surface area contributed by atoms with E-state index in [1.54, 1.807) is 0 Å². The smallest absolute Gasteiger partial charge is 0.00131 e. The van der Waals surface area contributed by atoms with Crippen LogP contribution in [-0.2, 0) is 0 Å². The zero-order valence-corrected chi connectivity index (χ0v) is 8.91. The highest BCUT2D eigenvalue weighted by atomic mass is 35.5. The second kappa shape index (κ2) is 6.73. The molecule has 1 aliphatic rings. The fourth-order valence-corrected chi connectivity index (χ4v) is 2.13. The Kier molecular flexibility index (Phi) is 6.87. The first kappa shape index (κ1) is 12.2. The fourth-order valence-electron chi connectivity index (χ4n) is 2.13. The van der Waals surface area contributed by atoms with Crippen molar-refractivity contribution in [2.75, 3.05) is 0 Å². The fraction of sp³-hybridized carbons (Fsp3) is 1.00. The van der Waals surface area contributed by atoms with E-state index in [-0.39, 0.29) is 12.4 Å². The third-order valence-corrected chi connectivity index (χ3v) is 2.68. The lowest BCUT2D eigenvalue weighted by Crippen LogP contribution is -2.19. The molecule has 1 saturated carbocycles. The third-order valence-electron chi connectivity index (χ3n) is 2.68. The molecule has 0 aromatic heterocycles. The van der Waals surface area contributed by atoms with Crippen LogP contribution in [0.4, 0.5) is 0 Å². The standard InChI is InChI=1S/C10H21N.ClH/c1-9(11)8-10-6-4-2-3-5-7-10;/h9-10H,2-8,11H2,1H3;1H.